The molecule has 1 atom stereocenters. The summed E-state index contributed by atoms with van der Waals surface area (Å²) in [5, 5.41) is 13.6. The number of carbonyl (C=O) groups excluding carboxylic acids is 1. The summed E-state index contributed by atoms with van der Waals surface area (Å²) in [6.45, 7) is 2.58. The van der Waals surface area contributed by atoms with Gasteiger partial charge in [-0.15, -0.1) is 0 Å². The second-order valence-corrected chi connectivity index (χ2v) is 7.07. The summed E-state index contributed by atoms with van der Waals surface area (Å²) in [5.74, 6) is 0.347. The van der Waals surface area contributed by atoms with E-state index in [1.165, 1.54) is 6.92 Å². The van der Waals surface area contributed by atoms with Gasteiger partial charge in [-0.2, -0.15) is 0 Å². The number of aliphatic hydroxyl groups excluding tert-OH is 1. The zero-order valence-electron chi connectivity index (χ0n) is 15.4. The summed E-state index contributed by atoms with van der Waals surface area (Å²) in [4.78, 5) is 20.5. The monoisotopic (exact) mass is 366 g/mol. The molecule has 0 radical (unpaired) electrons. The van der Waals surface area contributed by atoms with Crippen molar-refractivity contribution in [2.24, 2.45) is 7.05 Å². The van der Waals surface area contributed by atoms with Gasteiger partial charge in [-0.05, 0) is 24.6 Å². The average molecular weight is 366 g/mol. The number of ether oxygens (including phenoxy) is 1. The molecular weight excluding hydrogens is 344 g/mol. The molecule has 27 heavy (non-hydrogen) atoms. The van der Waals surface area contributed by atoms with Crippen molar-refractivity contribution < 1.29 is 14.6 Å². The van der Waals surface area contributed by atoms with Gasteiger partial charge in [-0.25, -0.2) is 4.98 Å². The molecule has 4 rings (SSSR count). The molecule has 3 aromatic rings. The number of nitrogens with zero attached hydrogens (tertiary/aromatic N) is 3. The van der Waals surface area contributed by atoms with Gasteiger partial charge in [0, 0.05) is 37.7 Å². The van der Waals surface area contributed by atoms with Crippen LogP contribution in [0.4, 0.5) is 5.82 Å². The van der Waals surface area contributed by atoms with Crippen LogP contribution in [-0.2, 0) is 22.0 Å². The number of amides is 1. The summed E-state index contributed by atoms with van der Waals surface area (Å²) < 4.78 is 7.52. The number of hydrogen-bond acceptors (Lipinski definition) is 5. The van der Waals surface area contributed by atoms with Crippen molar-refractivity contribution in [2.75, 3.05) is 25.1 Å². The normalized spacial score (nSPS) is 19.5. The molecule has 1 saturated heterocycles. The smallest absolute Gasteiger partial charge is 0.222 e. The molecule has 0 saturated carbocycles. The highest BCUT2D eigenvalue weighted by Gasteiger charge is 2.37. The molecule has 1 aliphatic rings. The number of anilines is 1. The van der Waals surface area contributed by atoms with Crippen molar-refractivity contribution in [2.45, 2.75) is 18.8 Å². The van der Waals surface area contributed by atoms with Gasteiger partial charge < -0.3 is 19.7 Å². The summed E-state index contributed by atoms with van der Waals surface area (Å²) in [7, 11) is 1.95. The fourth-order valence-electron chi connectivity index (χ4n) is 3.63. The summed E-state index contributed by atoms with van der Waals surface area (Å²) in [6, 6.07) is 7.73. The van der Waals surface area contributed by atoms with Crippen molar-refractivity contribution >= 4 is 22.6 Å². The number of carbonyl (C=O) groups is 1. The number of aliphatic hydroxyl groups is 1. The first-order valence-electron chi connectivity index (χ1n) is 8.92. The van der Waals surface area contributed by atoms with E-state index in [9.17, 15) is 9.90 Å². The fraction of sp³-hybridized carbons (Fsp3) is 0.350. The number of fused-ring (bicyclic) bond motifs is 1. The van der Waals surface area contributed by atoms with E-state index >= 15 is 0 Å². The van der Waals surface area contributed by atoms with Gasteiger partial charge in [0.2, 0.25) is 5.91 Å². The van der Waals surface area contributed by atoms with Crippen molar-refractivity contribution in [1.29, 1.82) is 0 Å². The summed E-state index contributed by atoms with van der Waals surface area (Å²) in [6.07, 6.45) is 4.51. The van der Waals surface area contributed by atoms with E-state index in [4.69, 9.17) is 9.72 Å². The Balaban J connectivity index is 1.82. The van der Waals surface area contributed by atoms with Crippen LogP contribution in [-0.4, -0.2) is 45.4 Å². The number of rotatable bonds is 4. The fourth-order valence-corrected chi connectivity index (χ4v) is 3.63. The predicted octanol–water partition coefficient (Wildman–Crippen LogP) is 2.24. The summed E-state index contributed by atoms with van der Waals surface area (Å²) in [5.41, 5.74) is 3.12. The lowest BCUT2D eigenvalue weighted by Gasteiger charge is -2.24. The maximum absolute atomic E-state index is 11.4. The maximum Gasteiger partial charge on any atom is 0.222 e. The second-order valence-electron chi connectivity index (χ2n) is 7.07. The van der Waals surface area contributed by atoms with Gasteiger partial charge >= 0.3 is 0 Å². The molecular formula is C20H22N4O3. The van der Waals surface area contributed by atoms with Crippen LogP contribution in [0.1, 0.15) is 19.0 Å². The molecule has 1 aliphatic heterocycles. The van der Waals surface area contributed by atoms with E-state index in [1.54, 1.807) is 6.20 Å². The lowest BCUT2D eigenvalue weighted by molar-refractivity contribution is -0.114. The molecule has 7 nitrogen and oxygen atoms in total. The average Bonchev–Trinajstić information content (AvgIpc) is 3.27. The van der Waals surface area contributed by atoms with Crippen LogP contribution in [0.3, 0.4) is 0 Å². The molecule has 140 valence electrons. The van der Waals surface area contributed by atoms with Crippen molar-refractivity contribution in [3.05, 3.63) is 42.4 Å². The zero-order chi connectivity index (χ0) is 19.0. The Morgan fingerprint density at radius 3 is 3.00 bits per heavy atom. The molecule has 3 aromatic heterocycles. The predicted molar refractivity (Wildman–Crippen MR) is 102 cm³/mol. The second kappa shape index (κ2) is 6.75. The zero-order valence-corrected chi connectivity index (χ0v) is 15.4. The highest BCUT2D eigenvalue weighted by atomic mass is 16.5. The minimum Gasteiger partial charge on any atom is -0.395 e. The summed E-state index contributed by atoms with van der Waals surface area (Å²) >= 11 is 0. The van der Waals surface area contributed by atoms with Crippen molar-refractivity contribution in [3.63, 3.8) is 0 Å². The Labute approximate surface area is 157 Å². The largest absolute Gasteiger partial charge is 0.395 e. The standard InChI is InChI=1S/C20H22N4O3/c1-13(26)22-19-8-14-15(10-24(2)17(14)9-21-19)16-4-3-5-18(23-16)20(11-25)6-7-27-12-20/h3-5,8-10,25H,6-7,11-12H2,1-2H3,(H,21,22,26)/t20-/m0/s1. The lowest BCUT2D eigenvalue weighted by Crippen LogP contribution is -2.32. The molecule has 4 heterocycles. The van der Waals surface area contributed by atoms with Crippen molar-refractivity contribution in [1.82, 2.24) is 14.5 Å². The third-order valence-electron chi connectivity index (χ3n) is 5.15. The first-order valence-corrected chi connectivity index (χ1v) is 8.92. The van der Waals surface area contributed by atoms with Gasteiger partial charge in [0.05, 0.1) is 41.7 Å². The van der Waals surface area contributed by atoms with Crippen LogP contribution < -0.4 is 5.32 Å². The van der Waals surface area contributed by atoms with Gasteiger partial charge in [0.1, 0.15) is 5.82 Å². The van der Waals surface area contributed by atoms with E-state index in [1.807, 2.05) is 42.1 Å². The minimum absolute atomic E-state index is 0.00951. The van der Waals surface area contributed by atoms with Crippen LogP contribution in [0.25, 0.3) is 22.2 Å². The van der Waals surface area contributed by atoms with Gasteiger partial charge in [0.25, 0.3) is 0 Å². The number of aromatic nitrogens is 3. The molecule has 0 spiro atoms. The Morgan fingerprint density at radius 1 is 1.44 bits per heavy atom. The highest BCUT2D eigenvalue weighted by molar-refractivity contribution is 5.98. The Bertz CT molecular complexity index is 1010. The number of aryl methyl sites for hydroxylation is 1. The third-order valence-corrected chi connectivity index (χ3v) is 5.15. The molecule has 7 heteroatoms. The Morgan fingerprint density at radius 2 is 2.30 bits per heavy atom. The quantitative estimate of drug-likeness (QED) is 0.739. The SMILES string of the molecule is CC(=O)Nc1cc2c(-c3cccc([C@]4(CO)CCOC4)n3)cn(C)c2cn1. The number of pyridine rings is 2. The van der Waals surface area contributed by atoms with Gasteiger partial charge in [0.15, 0.2) is 0 Å². The first-order chi connectivity index (χ1) is 13.0. The van der Waals surface area contributed by atoms with Gasteiger partial charge in [-0.3, -0.25) is 9.78 Å². The van der Waals surface area contributed by atoms with Crippen LogP contribution in [0.5, 0.6) is 0 Å². The molecule has 1 fully saturated rings. The van der Waals surface area contributed by atoms with E-state index in [0.717, 1.165) is 34.3 Å². The third kappa shape index (κ3) is 3.09. The highest BCUT2D eigenvalue weighted by Crippen LogP contribution is 2.35. The first kappa shape index (κ1) is 17.6. The molecule has 0 aromatic carbocycles. The number of nitrogens with one attached hydrogen (secondary N) is 1. The van der Waals surface area contributed by atoms with E-state index < -0.39 is 5.41 Å². The molecule has 0 unspecified atom stereocenters. The topological polar surface area (TPSA) is 89.3 Å². The van der Waals surface area contributed by atoms with E-state index in [2.05, 4.69) is 10.3 Å². The van der Waals surface area contributed by atoms with Gasteiger partial charge in [-0.1, -0.05) is 6.07 Å². The van der Waals surface area contributed by atoms with Crippen LogP contribution in [0, 0.1) is 0 Å². The lowest BCUT2D eigenvalue weighted by atomic mass is 9.84. The van der Waals surface area contributed by atoms with Crippen LogP contribution >= 0.6 is 0 Å². The van der Waals surface area contributed by atoms with Crippen molar-refractivity contribution in [3.8, 4) is 11.3 Å². The molecule has 1 amide bonds. The van der Waals surface area contributed by atoms with Crippen LogP contribution in [0.2, 0.25) is 0 Å². The minimum atomic E-state index is -0.441. The number of hydrogen-bond donors (Lipinski definition) is 2. The van der Waals surface area contributed by atoms with E-state index in [-0.39, 0.29) is 12.5 Å². The Hall–Kier alpha value is -2.77. The molecule has 0 aliphatic carbocycles. The Kier molecular flexibility index (Phi) is 4.41. The molecule has 0 bridgehead atoms. The van der Waals surface area contributed by atoms with E-state index in [0.29, 0.717) is 19.0 Å². The van der Waals surface area contributed by atoms with Crippen LogP contribution in [0.15, 0.2) is 36.7 Å². The maximum atomic E-state index is 11.4. The molecule has 2 N–H and O–H groups in total.